The highest BCUT2D eigenvalue weighted by Gasteiger charge is 2.20. The molecule has 0 aliphatic rings. The van der Waals surface area contributed by atoms with E-state index in [2.05, 4.69) is 4.98 Å². The van der Waals surface area contributed by atoms with Gasteiger partial charge >= 0.3 is 0 Å². The molecule has 1 rings (SSSR count). The molecule has 0 amide bonds. The molecule has 0 aliphatic heterocycles. The number of rotatable bonds is 6. The fraction of sp³-hybridized carbons (Fsp3) is 0.500. The van der Waals surface area contributed by atoms with E-state index in [0.29, 0.717) is 5.02 Å². The molecule has 5 heteroatoms. The summed E-state index contributed by atoms with van der Waals surface area (Å²) in [5.74, 6) is 1.23. The van der Waals surface area contributed by atoms with Gasteiger partial charge < -0.3 is 5.73 Å². The van der Waals surface area contributed by atoms with Gasteiger partial charge in [0.05, 0.1) is 15.9 Å². The van der Waals surface area contributed by atoms with E-state index in [1.54, 1.807) is 18.0 Å². The molecule has 3 N–H and O–H groups in total. The predicted octanol–water partition coefficient (Wildman–Crippen LogP) is 3.57. The molecule has 0 bridgehead atoms. The number of nitrogens with one attached hydrogen (secondary N) is 1. The van der Waals surface area contributed by atoms with Crippen molar-refractivity contribution < 1.29 is 0 Å². The summed E-state index contributed by atoms with van der Waals surface area (Å²) < 4.78 is 0. The lowest BCUT2D eigenvalue weighted by molar-refractivity contribution is 0.464. The average molecular weight is 272 g/mol. The molecule has 0 radical (unpaired) electrons. The molecule has 1 aromatic rings. The van der Waals surface area contributed by atoms with Gasteiger partial charge in [0.1, 0.15) is 0 Å². The van der Waals surface area contributed by atoms with Gasteiger partial charge in [-0.25, -0.2) is 4.98 Å². The van der Waals surface area contributed by atoms with Gasteiger partial charge in [-0.05, 0) is 30.7 Å². The molecule has 0 unspecified atom stereocenters. The van der Waals surface area contributed by atoms with Crippen molar-refractivity contribution in [2.75, 3.05) is 5.75 Å². The lowest BCUT2D eigenvalue weighted by atomic mass is 9.87. The maximum atomic E-state index is 7.46. The summed E-state index contributed by atoms with van der Waals surface area (Å²) in [6.07, 6.45) is 3.59. The van der Waals surface area contributed by atoms with Crippen LogP contribution in [0.2, 0.25) is 5.02 Å². The highest BCUT2D eigenvalue weighted by atomic mass is 35.5. The number of thioether (sulfide) groups is 1. The van der Waals surface area contributed by atoms with Crippen LogP contribution in [0.4, 0.5) is 0 Å². The summed E-state index contributed by atoms with van der Waals surface area (Å²) in [4.78, 5) is 4.21. The van der Waals surface area contributed by atoms with E-state index in [-0.39, 0.29) is 11.3 Å². The Labute approximate surface area is 112 Å². The third-order valence-corrected chi connectivity index (χ3v) is 3.88. The fourth-order valence-corrected chi connectivity index (χ4v) is 2.17. The van der Waals surface area contributed by atoms with Gasteiger partial charge in [0.15, 0.2) is 0 Å². The SMILES string of the molecule is CC(C)(CCCSc1ccc(Cl)cn1)C(=N)N. The number of hydrogen-bond donors (Lipinski definition) is 2. The zero-order valence-electron chi connectivity index (χ0n) is 10.2. The molecular formula is C12H18ClN3S. The molecule has 1 heterocycles. The second kappa shape index (κ2) is 6.26. The van der Waals surface area contributed by atoms with Gasteiger partial charge in [-0.2, -0.15) is 0 Å². The number of halogens is 1. The number of amidine groups is 1. The minimum Gasteiger partial charge on any atom is -0.387 e. The Morgan fingerprint density at radius 2 is 2.24 bits per heavy atom. The summed E-state index contributed by atoms with van der Waals surface area (Å²) in [7, 11) is 0. The molecule has 0 spiro atoms. The van der Waals surface area contributed by atoms with E-state index in [1.165, 1.54) is 0 Å². The summed E-state index contributed by atoms with van der Waals surface area (Å²) >= 11 is 7.46. The van der Waals surface area contributed by atoms with Crippen LogP contribution in [-0.4, -0.2) is 16.6 Å². The molecule has 3 nitrogen and oxygen atoms in total. The summed E-state index contributed by atoms with van der Waals surface area (Å²) in [6, 6.07) is 3.76. The van der Waals surface area contributed by atoms with Crippen molar-refractivity contribution in [1.82, 2.24) is 4.98 Å². The van der Waals surface area contributed by atoms with Crippen LogP contribution in [0, 0.1) is 10.8 Å². The van der Waals surface area contributed by atoms with Crippen LogP contribution in [-0.2, 0) is 0 Å². The number of pyridine rings is 1. The Balaban J connectivity index is 2.29. The Kier molecular flexibility index (Phi) is 5.28. The first-order valence-electron chi connectivity index (χ1n) is 5.51. The highest BCUT2D eigenvalue weighted by Crippen LogP contribution is 2.25. The van der Waals surface area contributed by atoms with Crippen molar-refractivity contribution in [3.63, 3.8) is 0 Å². The molecule has 0 aromatic carbocycles. The maximum absolute atomic E-state index is 7.46. The maximum Gasteiger partial charge on any atom is 0.0963 e. The van der Waals surface area contributed by atoms with Crippen LogP contribution < -0.4 is 5.73 Å². The first-order valence-corrected chi connectivity index (χ1v) is 6.87. The molecule has 0 saturated heterocycles. The second-order valence-corrected chi connectivity index (χ2v) is 6.12. The summed E-state index contributed by atoms with van der Waals surface area (Å²) in [6.45, 7) is 4.00. The number of aromatic nitrogens is 1. The molecule has 0 saturated carbocycles. The molecule has 17 heavy (non-hydrogen) atoms. The minimum atomic E-state index is -0.200. The zero-order valence-corrected chi connectivity index (χ0v) is 11.7. The van der Waals surface area contributed by atoms with E-state index < -0.39 is 0 Å². The number of hydrogen-bond acceptors (Lipinski definition) is 3. The van der Waals surface area contributed by atoms with Crippen LogP contribution in [0.1, 0.15) is 26.7 Å². The fourth-order valence-electron chi connectivity index (χ4n) is 1.27. The van der Waals surface area contributed by atoms with E-state index >= 15 is 0 Å². The van der Waals surface area contributed by atoms with Gasteiger partial charge in [-0.1, -0.05) is 25.4 Å². The van der Waals surface area contributed by atoms with Crippen molar-refractivity contribution in [3.05, 3.63) is 23.4 Å². The lowest BCUT2D eigenvalue weighted by Crippen LogP contribution is -2.30. The number of nitrogens with two attached hydrogens (primary N) is 1. The summed E-state index contributed by atoms with van der Waals surface area (Å²) in [5.41, 5.74) is 5.33. The largest absolute Gasteiger partial charge is 0.387 e. The molecule has 0 fully saturated rings. The normalized spacial score (nSPS) is 11.5. The minimum absolute atomic E-state index is 0.200. The van der Waals surface area contributed by atoms with Gasteiger partial charge in [-0.15, -0.1) is 11.8 Å². The molecular weight excluding hydrogens is 254 g/mol. The number of nitrogens with zero attached hydrogens (tertiary/aromatic N) is 1. The monoisotopic (exact) mass is 271 g/mol. The molecule has 1 aromatic heterocycles. The van der Waals surface area contributed by atoms with Crippen LogP contribution >= 0.6 is 23.4 Å². The quantitative estimate of drug-likeness (QED) is 0.360. The van der Waals surface area contributed by atoms with Crippen molar-refractivity contribution in [1.29, 1.82) is 5.41 Å². The molecule has 94 valence electrons. The predicted molar refractivity (Wildman–Crippen MR) is 74.9 cm³/mol. The Hall–Kier alpha value is -0.740. The first-order chi connectivity index (χ1) is 7.92. The highest BCUT2D eigenvalue weighted by molar-refractivity contribution is 7.99. The van der Waals surface area contributed by atoms with E-state index in [0.717, 1.165) is 23.6 Å². The molecule has 0 aliphatic carbocycles. The third kappa shape index (κ3) is 4.96. The van der Waals surface area contributed by atoms with Crippen molar-refractivity contribution in [2.24, 2.45) is 11.1 Å². The van der Waals surface area contributed by atoms with Crippen LogP contribution in [0.5, 0.6) is 0 Å². The van der Waals surface area contributed by atoms with Crippen LogP contribution in [0.15, 0.2) is 23.4 Å². The van der Waals surface area contributed by atoms with Gasteiger partial charge in [0.2, 0.25) is 0 Å². The van der Waals surface area contributed by atoms with Crippen molar-refractivity contribution in [3.8, 4) is 0 Å². The lowest BCUT2D eigenvalue weighted by Gasteiger charge is -2.22. The molecule has 0 atom stereocenters. The Bertz CT molecular complexity index is 376. The Morgan fingerprint density at radius 1 is 1.53 bits per heavy atom. The average Bonchev–Trinajstić information content (AvgIpc) is 2.26. The van der Waals surface area contributed by atoms with Crippen LogP contribution in [0.25, 0.3) is 0 Å². The van der Waals surface area contributed by atoms with Gasteiger partial charge in [0.25, 0.3) is 0 Å². The topological polar surface area (TPSA) is 62.8 Å². The van der Waals surface area contributed by atoms with E-state index in [4.69, 9.17) is 22.7 Å². The Morgan fingerprint density at radius 3 is 2.76 bits per heavy atom. The smallest absolute Gasteiger partial charge is 0.0963 e. The first kappa shape index (κ1) is 14.3. The van der Waals surface area contributed by atoms with Gasteiger partial charge in [0, 0.05) is 11.6 Å². The van der Waals surface area contributed by atoms with Crippen molar-refractivity contribution in [2.45, 2.75) is 31.7 Å². The van der Waals surface area contributed by atoms with Crippen molar-refractivity contribution >= 4 is 29.2 Å². The second-order valence-electron chi connectivity index (χ2n) is 4.56. The van der Waals surface area contributed by atoms with E-state index in [1.807, 2.05) is 26.0 Å². The third-order valence-electron chi connectivity index (χ3n) is 2.63. The standard InChI is InChI=1S/C12H18ClN3S/c1-12(2,11(14)15)6-3-7-17-10-5-4-9(13)8-16-10/h4-5,8H,3,6-7H2,1-2H3,(H3,14,15). The summed E-state index contributed by atoms with van der Waals surface area (Å²) in [5, 5.41) is 9.11. The zero-order chi connectivity index (χ0) is 12.9. The van der Waals surface area contributed by atoms with Gasteiger partial charge in [-0.3, -0.25) is 5.41 Å². The van der Waals surface area contributed by atoms with Crippen LogP contribution in [0.3, 0.4) is 0 Å². The van der Waals surface area contributed by atoms with E-state index in [9.17, 15) is 0 Å².